The van der Waals surface area contributed by atoms with Gasteiger partial charge in [-0.15, -0.1) is 0 Å². The SMILES string of the molecule is Cc1c[nH]cc1CN[C@H](C)c1cccc2ccccc12. The Hall–Kier alpha value is -2.06. The van der Waals surface area contributed by atoms with Crippen LogP contribution in [0, 0.1) is 6.92 Å². The Morgan fingerprint density at radius 2 is 1.85 bits per heavy atom. The molecule has 1 aromatic heterocycles. The molecular weight excluding hydrogens is 244 g/mol. The Labute approximate surface area is 119 Å². The molecule has 0 aliphatic carbocycles. The highest BCUT2D eigenvalue weighted by molar-refractivity contribution is 5.86. The second-order valence-corrected chi connectivity index (χ2v) is 5.33. The van der Waals surface area contributed by atoms with Gasteiger partial charge in [0.05, 0.1) is 0 Å². The number of aromatic amines is 1. The molecule has 0 radical (unpaired) electrons. The number of aryl methyl sites for hydroxylation is 1. The van der Waals surface area contributed by atoms with Crippen LogP contribution >= 0.6 is 0 Å². The van der Waals surface area contributed by atoms with E-state index in [-0.39, 0.29) is 0 Å². The van der Waals surface area contributed by atoms with Crippen molar-refractivity contribution in [1.82, 2.24) is 10.3 Å². The van der Waals surface area contributed by atoms with Crippen LogP contribution in [0.3, 0.4) is 0 Å². The van der Waals surface area contributed by atoms with Gasteiger partial charge in [0.1, 0.15) is 0 Å². The Morgan fingerprint density at radius 1 is 1.05 bits per heavy atom. The lowest BCUT2D eigenvalue weighted by atomic mass is 9.99. The minimum atomic E-state index is 0.329. The first-order valence-corrected chi connectivity index (χ1v) is 7.09. The summed E-state index contributed by atoms with van der Waals surface area (Å²) in [4.78, 5) is 3.15. The van der Waals surface area contributed by atoms with Crippen LogP contribution in [0.2, 0.25) is 0 Å². The molecule has 102 valence electrons. The summed E-state index contributed by atoms with van der Waals surface area (Å²) in [6.07, 6.45) is 4.11. The van der Waals surface area contributed by atoms with Gasteiger partial charge in [-0.05, 0) is 41.3 Å². The highest BCUT2D eigenvalue weighted by atomic mass is 14.9. The first-order valence-electron chi connectivity index (χ1n) is 7.09. The maximum atomic E-state index is 3.61. The van der Waals surface area contributed by atoms with Crippen LogP contribution in [0.25, 0.3) is 10.8 Å². The van der Waals surface area contributed by atoms with Crippen molar-refractivity contribution in [3.63, 3.8) is 0 Å². The molecule has 0 aliphatic rings. The van der Waals surface area contributed by atoms with Crippen molar-refractivity contribution in [3.8, 4) is 0 Å². The van der Waals surface area contributed by atoms with E-state index in [4.69, 9.17) is 0 Å². The normalized spacial score (nSPS) is 12.7. The molecule has 0 bridgehead atoms. The summed E-state index contributed by atoms with van der Waals surface area (Å²) < 4.78 is 0. The summed E-state index contributed by atoms with van der Waals surface area (Å²) >= 11 is 0. The summed E-state index contributed by atoms with van der Waals surface area (Å²) in [5, 5.41) is 6.25. The number of fused-ring (bicyclic) bond motifs is 1. The van der Waals surface area contributed by atoms with Crippen LogP contribution in [-0.2, 0) is 6.54 Å². The minimum Gasteiger partial charge on any atom is -0.367 e. The number of rotatable bonds is 4. The monoisotopic (exact) mass is 264 g/mol. The fraction of sp³-hybridized carbons (Fsp3) is 0.222. The molecule has 0 spiro atoms. The molecule has 3 rings (SSSR count). The topological polar surface area (TPSA) is 27.8 Å². The third-order valence-electron chi connectivity index (χ3n) is 3.95. The van der Waals surface area contributed by atoms with Gasteiger partial charge < -0.3 is 10.3 Å². The molecule has 20 heavy (non-hydrogen) atoms. The lowest BCUT2D eigenvalue weighted by Crippen LogP contribution is -2.18. The van der Waals surface area contributed by atoms with E-state index in [2.05, 4.69) is 72.8 Å². The summed E-state index contributed by atoms with van der Waals surface area (Å²) in [7, 11) is 0. The fourth-order valence-electron chi connectivity index (χ4n) is 2.67. The van der Waals surface area contributed by atoms with Gasteiger partial charge in [-0.25, -0.2) is 0 Å². The molecular formula is C18H20N2. The van der Waals surface area contributed by atoms with Crippen LogP contribution in [0.1, 0.15) is 29.7 Å². The largest absolute Gasteiger partial charge is 0.367 e. The van der Waals surface area contributed by atoms with Crippen molar-refractivity contribution < 1.29 is 0 Å². The van der Waals surface area contributed by atoms with Gasteiger partial charge in [-0.3, -0.25) is 0 Å². The summed E-state index contributed by atoms with van der Waals surface area (Å²) in [6, 6.07) is 15.4. The molecule has 2 nitrogen and oxygen atoms in total. The van der Waals surface area contributed by atoms with Crippen LogP contribution in [0.5, 0.6) is 0 Å². The smallest absolute Gasteiger partial charge is 0.0301 e. The second-order valence-electron chi connectivity index (χ2n) is 5.33. The van der Waals surface area contributed by atoms with Gasteiger partial charge in [-0.1, -0.05) is 42.5 Å². The van der Waals surface area contributed by atoms with Crippen molar-refractivity contribution >= 4 is 10.8 Å². The van der Waals surface area contributed by atoms with Gasteiger partial charge in [0.15, 0.2) is 0 Å². The molecule has 0 saturated carbocycles. The van der Waals surface area contributed by atoms with E-state index < -0.39 is 0 Å². The van der Waals surface area contributed by atoms with Gasteiger partial charge in [-0.2, -0.15) is 0 Å². The minimum absolute atomic E-state index is 0.329. The van der Waals surface area contributed by atoms with Gasteiger partial charge >= 0.3 is 0 Å². The Balaban J connectivity index is 1.82. The third kappa shape index (κ3) is 2.47. The van der Waals surface area contributed by atoms with E-state index in [0.717, 1.165) is 6.54 Å². The number of hydrogen-bond acceptors (Lipinski definition) is 1. The van der Waals surface area contributed by atoms with E-state index in [1.165, 1.54) is 27.5 Å². The van der Waals surface area contributed by atoms with E-state index in [1.54, 1.807) is 0 Å². The molecule has 0 unspecified atom stereocenters. The van der Waals surface area contributed by atoms with Crippen molar-refractivity contribution in [3.05, 3.63) is 71.5 Å². The summed E-state index contributed by atoms with van der Waals surface area (Å²) in [5.41, 5.74) is 4.00. The molecule has 2 N–H and O–H groups in total. The highest BCUT2D eigenvalue weighted by Gasteiger charge is 2.09. The molecule has 0 saturated heterocycles. The average Bonchev–Trinajstić information content (AvgIpc) is 2.89. The first-order chi connectivity index (χ1) is 9.75. The number of hydrogen-bond donors (Lipinski definition) is 2. The van der Waals surface area contributed by atoms with Crippen LogP contribution in [-0.4, -0.2) is 4.98 Å². The summed E-state index contributed by atoms with van der Waals surface area (Å²) in [6.45, 7) is 5.25. The van der Waals surface area contributed by atoms with E-state index >= 15 is 0 Å². The highest BCUT2D eigenvalue weighted by Crippen LogP contribution is 2.24. The number of benzene rings is 2. The van der Waals surface area contributed by atoms with Crippen molar-refractivity contribution in [2.24, 2.45) is 0 Å². The average molecular weight is 264 g/mol. The molecule has 2 heteroatoms. The number of nitrogens with one attached hydrogen (secondary N) is 2. The second kappa shape index (κ2) is 5.51. The van der Waals surface area contributed by atoms with Crippen molar-refractivity contribution in [2.45, 2.75) is 26.4 Å². The standard InChI is InChI=1S/C18H20N2/c1-13-10-19-11-16(13)12-20-14(2)17-9-5-7-15-6-3-4-8-18(15)17/h3-11,14,19-20H,12H2,1-2H3/t14-/m1/s1. The lowest BCUT2D eigenvalue weighted by molar-refractivity contribution is 0.577. The van der Waals surface area contributed by atoms with Crippen molar-refractivity contribution in [2.75, 3.05) is 0 Å². The van der Waals surface area contributed by atoms with E-state index in [1.807, 2.05) is 6.20 Å². The summed E-state index contributed by atoms with van der Waals surface area (Å²) in [5.74, 6) is 0. The molecule has 3 aromatic rings. The molecule has 2 aromatic carbocycles. The molecule has 0 fully saturated rings. The number of H-pyrrole nitrogens is 1. The maximum absolute atomic E-state index is 3.61. The van der Waals surface area contributed by atoms with Crippen molar-refractivity contribution in [1.29, 1.82) is 0 Å². The van der Waals surface area contributed by atoms with E-state index in [9.17, 15) is 0 Å². The van der Waals surface area contributed by atoms with Crippen LogP contribution < -0.4 is 5.32 Å². The quantitative estimate of drug-likeness (QED) is 0.721. The van der Waals surface area contributed by atoms with Gasteiger partial charge in [0.25, 0.3) is 0 Å². The van der Waals surface area contributed by atoms with Gasteiger partial charge in [0, 0.05) is 25.0 Å². The zero-order chi connectivity index (χ0) is 13.9. The number of aromatic nitrogens is 1. The fourth-order valence-corrected chi connectivity index (χ4v) is 2.67. The van der Waals surface area contributed by atoms with Crippen LogP contribution in [0.4, 0.5) is 0 Å². The Bertz CT molecular complexity index is 707. The zero-order valence-corrected chi connectivity index (χ0v) is 12.0. The molecule has 1 heterocycles. The predicted molar refractivity (Wildman–Crippen MR) is 84.7 cm³/mol. The molecule has 0 aliphatic heterocycles. The van der Waals surface area contributed by atoms with Gasteiger partial charge in [0.2, 0.25) is 0 Å². The lowest BCUT2D eigenvalue weighted by Gasteiger charge is -2.16. The van der Waals surface area contributed by atoms with E-state index in [0.29, 0.717) is 6.04 Å². The Kier molecular flexibility index (Phi) is 3.57. The maximum Gasteiger partial charge on any atom is 0.0301 e. The molecule has 1 atom stereocenters. The Morgan fingerprint density at radius 3 is 2.65 bits per heavy atom. The predicted octanol–water partition coefficient (Wildman–Crippen LogP) is 4.33. The molecule has 0 amide bonds. The zero-order valence-electron chi connectivity index (χ0n) is 12.0. The van der Waals surface area contributed by atoms with Crippen LogP contribution in [0.15, 0.2) is 54.9 Å². The first kappa shape index (κ1) is 12.9. The third-order valence-corrected chi connectivity index (χ3v) is 3.95.